The molecule has 8 heteroatoms. The van der Waals surface area contributed by atoms with Gasteiger partial charge in [-0.05, 0) is 42.9 Å². The van der Waals surface area contributed by atoms with E-state index in [9.17, 15) is 18.4 Å². The van der Waals surface area contributed by atoms with E-state index >= 15 is 0 Å². The Bertz CT molecular complexity index is 1110. The first-order valence-electron chi connectivity index (χ1n) is 8.67. The number of hydrogen-bond acceptors (Lipinski definition) is 4. The van der Waals surface area contributed by atoms with Gasteiger partial charge in [0.2, 0.25) is 5.91 Å². The molecule has 5 nitrogen and oxygen atoms in total. The molecule has 1 N–H and O–H groups in total. The summed E-state index contributed by atoms with van der Waals surface area (Å²) in [7, 11) is 0. The van der Waals surface area contributed by atoms with Crippen molar-refractivity contribution in [3.8, 4) is 0 Å². The number of aryl methyl sites for hydroxylation is 1. The number of carbonyl (C=O) groups is 1. The van der Waals surface area contributed by atoms with Crippen molar-refractivity contribution in [1.82, 2.24) is 9.55 Å². The zero-order chi connectivity index (χ0) is 19.1. The van der Waals surface area contributed by atoms with Crippen LogP contribution in [0.1, 0.15) is 23.8 Å². The second-order valence-corrected chi connectivity index (χ2v) is 7.97. The molecular formula is C19H17F2N3O2S. The van der Waals surface area contributed by atoms with E-state index in [1.807, 2.05) is 0 Å². The van der Waals surface area contributed by atoms with E-state index in [2.05, 4.69) is 17.2 Å². The number of benzene rings is 1. The Kier molecular flexibility index (Phi) is 4.51. The van der Waals surface area contributed by atoms with Gasteiger partial charge in [0.1, 0.15) is 11.4 Å². The third-order valence-electron chi connectivity index (χ3n) is 4.80. The van der Waals surface area contributed by atoms with Gasteiger partial charge in [-0.1, -0.05) is 6.92 Å². The van der Waals surface area contributed by atoms with Gasteiger partial charge in [0, 0.05) is 16.6 Å². The number of halogens is 2. The zero-order valence-corrected chi connectivity index (χ0v) is 15.4. The molecule has 1 atom stereocenters. The van der Waals surface area contributed by atoms with Crippen LogP contribution < -0.4 is 10.9 Å². The number of hydrogen-bond donors (Lipinski definition) is 1. The van der Waals surface area contributed by atoms with Crippen molar-refractivity contribution in [2.45, 2.75) is 32.7 Å². The fraction of sp³-hybridized carbons (Fsp3) is 0.316. The van der Waals surface area contributed by atoms with Crippen molar-refractivity contribution in [2.24, 2.45) is 5.92 Å². The fourth-order valence-electron chi connectivity index (χ4n) is 3.41. The van der Waals surface area contributed by atoms with Gasteiger partial charge >= 0.3 is 0 Å². The average Bonchev–Trinajstić information content (AvgIpc) is 2.98. The summed E-state index contributed by atoms with van der Waals surface area (Å²) in [6.45, 7) is 1.95. The van der Waals surface area contributed by atoms with Crippen LogP contribution in [-0.4, -0.2) is 15.5 Å². The number of fused-ring (bicyclic) bond motifs is 3. The number of aromatic nitrogens is 2. The van der Waals surface area contributed by atoms with Crippen molar-refractivity contribution >= 4 is 33.1 Å². The van der Waals surface area contributed by atoms with Crippen LogP contribution >= 0.6 is 11.3 Å². The summed E-state index contributed by atoms with van der Waals surface area (Å²) in [5.74, 6) is -1.96. The van der Waals surface area contributed by atoms with Gasteiger partial charge in [-0.15, -0.1) is 11.3 Å². The Morgan fingerprint density at radius 1 is 1.37 bits per heavy atom. The topological polar surface area (TPSA) is 64.0 Å². The molecular weight excluding hydrogens is 372 g/mol. The quantitative estimate of drug-likeness (QED) is 0.746. The van der Waals surface area contributed by atoms with Gasteiger partial charge in [-0.25, -0.2) is 13.8 Å². The zero-order valence-electron chi connectivity index (χ0n) is 14.6. The SMILES string of the molecule is C[C@H]1CCc2c(sc3ncn(CC(=O)Nc4ccc(F)c(F)c4)c(=O)c23)C1. The molecule has 0 unspecified atom stereocenters. The van der Waals surface area contributed by atoms with E-state index < -0.39 is 17.5 Å². The van der Waals surface area contributed by atoms with Gasteiger partial charge in [-0.3, -0.25) is 14.2 Å². The second kappa shape index (κ2) is 6.84. The van der Waals surface area contributed by atoms with E-state index in [1.54, 1.807) is 11.3 Å². The Morgan fingerprint density at radius 2 is 2.19 bits per heavy atom. The minimum atomic E-state index is -1.05. The van der Waals surface area contributed by atoms with Gasteiger partial charge in [-0.2, -0.15) is 0 Å². The van der Waals surface area contributed by atoms with Gasteiger partial charge in [0.15, 0.2) is 11.6 Å². The Hall–Kier alpha value is -2.61. The van der Waals surface area contributed by atoms with Crippen molar-refractivity contribution in [1.29, 1.82) is 0 Å². The highest BCUT2D eigenvalue weighted by molar-refractivity contribution is 7.18. The molecule has 0 aliphatic heterocycles. The summed E-state index contributed by atoms with van der Waals surface area (Å²) in [6, 6.07) is 3.09. The lowest BCUT2D eigenvalue weighted by molar-refractivity contribution is -0.116. The van der Waals surface area contributed by atoms with Crippen LogP contribution in [0.25, 0.3) is 10.2 Å². The van der Waals surface area contributed by atoms with Crippen LogP contribution in [0.15, 0.2) is 29.3 Å². The number of nitrogens with one attached hydrogen (secondary N) is 1. The standard InChI is InChI=1S/C19H17F2N3O2S/c1-10-2-4-12-15(6-10)27-18-17(12)19(26)24(9-22-18)8-16(25)23-11-3-5-13(20)14(21)7-11/h3,5,7,9-10H,2,4,6,8H2,1H3,(H,23,25)/t10-/m0/s1. The Morgan fingerprint density at radius 3 is 2.96 bits per heavy atom. The van der Waals surface area contributed by atoms with Crippen LogP contribution in [-0.2, 0) is 24.2 Å². The third kappa shape index (κ3) is 3.37. The maximum absolute atomic E-state index is 13.3. The normalized spacial score (nSPS) is 16.3. The van der Waals surface area contributed by atoms with Crippen molar-refractivity contribution in [2.75, 3.05) is 5.32 Å². The van der Waals surface area contributed by atoms with Crippen molar-refractivity contribution in [3.63, 3.8) is 0 Å². The first-order chi connectivity index (χ1) is 12.9. The highest BCUT2D eigenvalue weighted by atomic mass is 32.1. The largest absolute Gasteiger partial charge is 0.324 e. The van der Waals surface area contributed by atoms with Crippen LogP contribution in [0.5, 0.6) is 0 Å². The molecule has 0 bridgehead atoms. The number of rotatable bonds is 3. The molecule has 0 saturated heterocycles. The summed E-state index contributed by atoms with van der Waals surface area (Å²) in [5, 5.41) is 3.07. The lowest BCUT2D eigenvalue weighted by Gasteiger charge is -2.17. The molecule has 0 spiro atoms. The van der Waals surface area contributed by atoms with Crippen molar-refractivity contribution < 1.29 is 13.6 Å². The molecule has 27 heavy (non-hydrogen) atoms. The molecule has 2 heterocycles. The van der Waals surface area contributed by atoms with E-state index in [0.29, 0.717) is 16.1 Å². The van der Waals surface area contributed by atoms with Gasteiger partial charge in [0.25, 0.3) is 5.56 Å². The fourth-order valence-corrected chi connectivity index (χ4v) is 4.75. The minimum Gasteiger partial charge on any atom is -0.324 e. The monoisotopic (exact) mass is 389 g/mol. The smallest absolute Gasteiger partial charge is 0.262 e. The Balaban J connectivity index is 1.60. The van der Waals surface area contributed by atoms with E-state index in [-0.39, 0.29) is 17.8 Å². The molecule has 1 aliphatic rings. The first-order valence-corrected chi connectivity index (χ1v) is 9.48. The lowest BCUT2D eigenvalue weighted by atomic mass is 9.89. The third-order valence-corrected chi connectivity index (χ3v) is 5.96. The molecule has 140 valence electrons. The maximum atomic E-state index is 13.3. The minimum absolute atomic E-state index is 0.128. The molecule has 0 saturated carbocycles. The van der Waals surface area contributed by atoms with E-state index in [1.165, 1.54) is 21.8 Å². The average molecular weight is 389 g/mol. The van der Waals surface area contributed by atoms with Gasteiger partial charge < -0.3 is 5.32 Å². The van der Waals surface area contributed by atoms with Crippen molar-refractivity contribution in [3.05, 3.63) is 57.0 Å². The number of anilines is 1. The molecule has 0 radical (unpaired) electrons. The van der Waals surface area contributed by atoms with Crippen LogP contribution in [0.4, 0.5) is 14.5 Å². The number of carbonyl (C=O) groups excluding carboxylic acids is 1. The number of nitrogens with zero attached hydrogens (tertiary/aromatic N) is 2. The first kappa shape index (κ1) is 17.8. The van der Waals surface area contributed by atoms with Crippen LogP contribution in [0.3, 0.4) is 0 Å². The highest BCUT2D eigenvalue weighted by Crippen LogP contribution is 2.35. The second-order valence-electron chi connectivity index (χ2n) is 6.89. The summed E-state index contributed by atoms with van der Waals surface area (Å²) < 4.78 is 27.5. The molecule has 3 aromatic rings. The van der Waals surface area contributed by atoms with E-state index in [0.717, 1.165) is 37.0 Å². The summed E-state index contributed by atoms with van der Waals surface area (Å²) >= 11 is 1.55. The molecule has 1 aromatic carbocycles. The number of thiophene rings is 1. The Labute approximate surface area is 157 Å². The van der Waals surface area contributed by atoms with Crippen LogP contribution in [0, 0.1) is 17.6 Å². The molecule has 0 fully saturated rings. The molecule has 1 aliphatic carbocycles. The maximum Gasteiger partial charge on any atom is 0.262 e. The predicted molar refractivity (Wildman–Crippen MR) is 100 cm³/mol. The predicted octanol–water partition coefficient (Wildman–Crippen LogP) is 3.50. The van der Waals surface area contributed by atoms with Gasteiger partial charge in [0.05, 0.1) is 11.7 Å². The lowest BCUT2D eigenvalue weighted by Crippen LogP contribution is -2.28. The summed E-state index contributed by atoms with van der Waals surface area (Å²) in [5.41, 5.74) is 0.941. The summed E-state index contributed by atoms with van der Waals surface area (Å²) in [4.78, 5) is 31.4. The van der Waals surface area contributed by atoms with E-state index in [4.69, 9.17) is 0 Å². The molecule has 4 rings (SSSR count). The molecule has 2 aromatic heterocycles. The van der Waals surface area contributed by atoms with Crippen LogP contribution in [0.2, 0.25) is 0 Å². The number of amides is 1. The summed E-state index contributed by atoms with van der Waals surface area (Å²) in [6.07, 6.45) is 4.19. The molecule has 1 amide bonds. The highest BCUT2D eigenvalue weighted by Gasteiger charge is 2.23.